The van der Waals surface area contributed by atoms with Crippen LogP contribution in [-0.2, 0) is 11.3 Å². The fourth-order valence-electron chi connectivity index (χ4n) is 2.36. The third-order valence-electron chi connectivity index (χ3n) is 3.68. The topological polar surface area (TPSA) is 72.9 Å². The number of rotatable bonds is 9. The summed E-state index contributed by atoms with van der Waals surface area (Å²) in [6.07, 6.45) is 6.11. The summed E-state index contributed by atoms with van der Waals surface area (Å²) in [6, 6.07) is 7.11. The van der Waals surface area contributed by atoms with E-state index in [1.165, 1.54) is 0 Å². The molecule has 5 nitrogen and oxygen atoms in total. The van der Waals surface area contributed by atoms with Gasteiger partial charge in [0.25, 0.3) is 0 Å². The lowest BCUT2D eigenvalue weighted by Crippen LogP contribution is -2.16. The van der Waals surface area contributed by atoms with Gasteiger partial charge in [-0.05, 0) is 37.1 Å². The Morgan fingerprint density at radius 2 is 1.92 bits per heavy atom. The maximum absolute atomic E-state index is 12.0. The van der Waals surface area contributed by atoms with Gasteiger partial charge in [0.1, 0.15) is 5.82 Å². The lowest BCUT2D eigenvalue weighted by molar-refractivity contribution is -0.116. The summed E-state index contributed by atoms with van der Waals surface area (Å²) in [7, 11) is 0. The molecule has 0 saturated heterocycles. The number of anilines is 1. The molecular weight excluding hydrogens is 383 g/mol. The van der Waals surface area contributed by atoms with Gasteiger partial charge in [0.05, 0.1) is 12.7 Å². The Balaban J connectivity index is 0.00000312. The van der Waals surface area contributed by atoms with Crippen LogP contribution >= 0.6 is 35.6 Å². The van der Waals surface area contributed by atoms with Crippen LogP contribution in [0.1, 0.15) is 37.7 Å². The van der Waals surface area contributed by atoms with Gasteiger partial charge in [0, 0.05) is 22.5 Å². The van der Waals surface area contributed by atoms with Gasteiger partial charge < -0.3 is 11.1 Å². The van der Waals surface area contributed by atoms with Crippen molar-refractivity contribution in [3.05, 3.63) is 46.1 Å². The number of hydrogen-bond donors (Lipinski definition) is 2. The number of nitrogens with two attached hydrogens (primary N) is 1. The van der Waals surface area contributed by atoms with Crippen molar-refractivity contribution in [2.45, 2.75) is 38.6 Å². The molecule has 25 heavy (non-hydrogen) atoms. The second kappa shape index (κ2) is 11.4. The van der Waals surface area contributed by atoms with E-state index in [9.17, 15) is 4.79 Å². The molecule has 1 heterocycles. The monoisotopic (exact) mass is 404 g/mol. The summed E-state index contributed by atoms with van der Waals surface area (Å²) < 4.78 is 1.71. The number of amides is 1. The summed E-state index contributed by atoms with van der Waals surface area (Å²) in [5, 5.41) is 8.31. The van der Waals surface area contributed by atoms with Gasteiger partial charge in [0.15, 0.2) is 0 Å². The Bertz CT molecular complexity index is 676. The fourth-order valence-corrected chi connectivity index (χ4v) is 2.83. The molecule has 3 N–H and O–H groups in total. The molecular formula is C17H23Cl3N4O. The van der Waals surface area contributed by atoms with Crippen LogP contribution in [0.2, 0.25) is 10.0 Å². The van der Waals surface area contributed by atoms with Crippen LogP contribution in [0.4, 0.5) is 5.82 Å². The van der Waals surface area contributed by atoms with Crippen molar-refractivity contribution in [2.75, 3.05) is 11.9 Å². The van der Waals surface area contributed by atoms with Gasteiger partial charge in [-0.2, -0.15) is 5.10 Å². The van der Waals surface area contributed by atoms with Crippen LogP contribution in [0.5, 0.6) is 0 Å². The van der Waals surface area contributed by atoms with E-state index < -0.39 is 0 Å². The molecule has 2 aromatic rings. The number of aromatic nitrogens is 2. The zero-order chi connectivity index (χ0) is 17.4. The SMILES string of the molecule is Cl.NCCCCCCC(=O)Nc1ccnn1Cc1ccc(Cl)cc1Cl. The maximum Gasteiger partial charge on any atom is 0.225 e. The standard InChI is InChI=1S/C17H22Cl2N4O.ClH/c18-14-7-6-13(15(19)11-14)12-23-16(8-10-21-23)22-17(24)5-3-1-2-4-9-20;/h6-8,10-11H,1-5,9,12,20H2,(H,22,24);1H. The summed E-state index contributed by atoms with van der Waals surface area (Å²) in [5.41, 5.74) is 6.34. The van der Waals surface area contributed by atoms with Crippen LogP contribution in [0.15, 0.2) is 30.5 Å². The molecule has 0 unspecified atom stereocenters. The molecule has 0 aliphatic rings. The Hall–Kier alpha value is -1.27. The molecule has 138 valence electrons. The number of halogens is 3. The first-order chi connectivity index (χ1) is 11.6. The van der Waals surface area contributed by atoms with Crippen LogP contribution in [0, 0.1) is 0 Å². The van der Waals surface area contributed by atoms with Gasteiger partial charge in [-0.25, -0.2) is 4.68 Å². The number of benzene rings is 1. The lowest BCUT2D eigenvalue weighted by Gasteiger charge is -2.10. The normalized spacial score (nSPS) is 10.4. The fraction of sp³-hybridized carbons (Fsp3) is 0.412. The lowest BCUT2D eigenvalue weighted by atomic mass is 10.1. The van der Waals surface area contributed by atoms with Crippen molar-refractivity contribution in [3.8, 4) is 0 Å². The number of carbonyl (C=O) groups is 1. The second-order valence-corrected chi connectivity index (χ2v) is 6.45. The Labute approximate surface area is 164 Å². The molecule has 1 aromatic carbocycles. The largest absolute Gasteiger partial charge is 0.330 e. The zero-order valence-corrected chi connectivity index (χ0v) is 16.2. The predicted octanol–water partition coefficient (Wildman–Crippen LogP) is 4.51. The molecule has 1 amide bonds. The van der Waals surface area contributed by atoms with Crippen molar-refractivity contribution >= 4 is 47.3 Å². The van der Waals surface area contributed by atoms with E-state index in [0.717, 1.165) is 31.2 Å². The third kappa shape index (κ3) is 7.24. The molecule has 0 saturated carbocycles. The third-order valence-corrected chi connectivity index (χ3v) is 4.26. The highest BCUT2D eigenvalue weighted by atomic mass is 35.5. The van der Waals surface area contributed by atoms with Crippen LogP contribution in [-0.4, -0.2) is 22.2 Å². The molecule has 0 radical (unpaired) electrons. The average Bonchev–Trinajstić information content (AvgIpc) is 2.97. The highest BCUT2D eigenvalue weighted by Crippen LogP contribution is 2.22. The van der Waals surface area contributed by atoms with Gasteiger partial charge >= 0.3 is 0 Å². The van der Waals surface area contributed by atoms with Gasteiger partial charge in [-0.1, -0.05) is 42.1 Å². The van der Waals surface area contributed by atoms with Crippen molar-refractivity contribution in [2.24, 2.45) is 5.73 Å². The van der Waals surface area contributed by atoms with Crippen LogP contribution in [0.25, 0.3) is 0 Å². The van der Waals surface area contributed by atoms with E-state index in [4.69, 9.17) is 28.9 Å². The molecule has 1 aromatic heterocycles. The van der Waals surface area contributed by atoms with Crippen molar-refractivity contribution < 1.29 is 4.79 Å². The van der Waals surface area contributed by atoms with Gasteiger partial charge in [-0.3, -0.25) is 4.79 Å². The maximum atomic E-state index is 12.0. The number of nitrogens with zero attached hydrogens (tertiary/aromatic N) is 2. The van der Waals surface area contributed by atoms with Crippen molar-refractivity contribution in [1.29, 1.82) is 0 Å². The molecule has 0 atom stereocenters. The minimum absolute atomic E-state index is 0. The number of unbranched alkanes of at least 4 members (excludes halogenated alkanes) is 3. The van der Waals surface area contributed by atoms with Gasteiger partial charge in [0.2, 0.25) is 5.91 Å². The Kier molecular flexibility index (Phi) is 9.90. The summed E-state index contributed by atoms with van der Waals surface area (Å²) in [5.74, 6) is 0.652. The van der Waals surface area contributed by atoms with E-state index in [0.29, 0.717) is 35.4 Å². The van der Waals surface area contributed by atoms with E-state index in [-0.39, 0.29) is 18.3 Å². The molecule has 0 fully saturated rings. The number of carbonyl (C=O) groups excluding carboxylic acids is 1. The van der Waals surface area contributed by atoms with Gasteiger partial charge in [-0.15, -0.1) is 12.4 Å². The van der Waals surface area contributed by atoms with E-state index in [2.05, 4.69) is 10.4 Å². The average molecular weight is 406 g/mol. The first kappa shape index (κ1) is 21.8. The van der Waals surface area contributed by atoms with Crippen LogP contribution < -0.4 is 11.1 Å². The molecule has 0 bridgehead atoms. The first-order valence-electron chi connectivity index (χ1n) is 8.06. The van der Waals surface area contributed by atoms with Crippen molar-refractivity contribution in [3.63, 3.8) is 0 Å². The highest BCUT2D eigenvalue weighted by Gasteiger charge is 2.09. The molecule has 0 aliphatic heterocycles. The molecule has 2 rings (SSSR count). The quantitative estimate of drug-likeness (QED) is 0.603. The molecule has 0 spiro atoms. The van der Waals surface area contributed by atoms with Crippen LogP contribution in [0.3, 0.4) is 0 Å². The van der Waals surface area contributed by atoms with E-state index in [1.807, 2.05) is 6.07 Å². The summed E-state index contributed by atoms with van der Waals surface area (Å²) in [4.78, 5) is 12.0. The van der Waals surface area contributed by atoms with E-state index >= 15 is 0 Å². The molecule has 8 heteroatoms. The Morgan fingerprint density at radius 1 is 1.16 bits per heavy atom. The van der Waals surface area contributed by atoms with E-state index in [1.54, 1.807) is 29.1 Å². The minimum atomic E-state index is -0.00768. The Morgan fingerprint density at radius 3 is 2.64 bits per heavy atom. The zero-order valence-electron chi connectivity index (χ0n) is 13.9. The smallest absolute Gasteiger partial charge is 0.225 e. The molecule has 0 aliphatic carbocycles. The summed E-state index contributed by atoms with van der Waals surface area (Å²) in [6.45, 7) is 1.17. The predicted molar refractivity (Wildman–Crippen MR) is 106 cm³/mol. The van der Waals surface area contributed by atoms with Crippen molar-refractivity contribution in [1.82, 2.24) is 9.78 Å². The highest BCUT2D eigenvalue weighted by molar-refractivity contribution is 6.35. The number of nitrogens with one attached hydrogen (secondary N) is 1. The first-order valence-corrected chi connectivity index (χ1v) is 8.81. The summed E-state index contributed by atoms with van der Waals surface area (Å²) >= 11 is 12.1. The number of hydrogen-bond acceptors (Lipinski definition) is 3. The second-order valence-electron chi connectivity index (χ2n) is 5.61. The minimum Gasteiger partial charge on any atom is -0.330 e.